The van der Waals surface area contributed by atoms with Crippen molar-refractivity contribution in [2.45, 2.75) is 61.8 Å². The molecule has 4 aromatic rings. The van der Waals surface area contributed by atoms with Crippen molar-refractivity contribution >= 4 is 63.7 Å². The van der Waals surface area contributed by atoms with Gasteiger partial charge in [0, 0.05) is 32.6 Å². The summed E-state index contributed by atoms with van der Waals surface area (Å²) in [6.07, 6.45) is 6.59. The average Bonchev–Trinajstić information content (AvgIpc) is 3.43. The number of nitriles is 1. The van der Waals surface area contributed by atoms with Crippen LogP contribution in [0.15, 0.2) is 12.4 Å². The van der Waals surface area contributed by atoms with Crippen LogP contribution >= 0.6 is 35.4 Å². The molecule has 4 atom stereocenters. The van der Waals surface area contributed by atoms with E-state index in [1.54, 1.807) is 17.0 Å². The van der Waals surface area contributed by atoms with Gasteiger partial charge in [-0.05, 0) is 61.1 Å². The Morgan fingerprint density at radius 3 is 2.49 bits per heavy atom. The van der Waals surface area contributed by atoms with Crippen LogP contribution in [-0.2, 0) is 20.6 Å². The van der Waals surface area contributed by atoms with Gasteiger partial charge >= 0.3 is 0 Å². The molecule has 15 heteroatoms. The van der Waals surface area contributed by atoms with Crippen LogP contribution < -0.4 is 5.32 Å². The molecule has 2 saturated heterocycles. The molecule has 0 saturated carbocycles. The van der Waals surface area contributed by atoms with Gasteiger partial charge in [-0.1, -0.05) is 0 Å². The first kappa shape index (κ1) is 25.1. The molecular formula is C24H24Cl2N10O2S. The molecule has 0 aromatic carbocycles. The molecule has 2 fully saturated rings. The molecule has 4 unspecified atom stereocenters. The summed E-state index contributed by atoms with van der Waals surface area (Å²) in [6, 6.07) is 2.58. The monoisotopic (exact) mass is 586 g/mol. The van der Waals surface area contributed by atoms with Crippen molar-refractivity contribution in [1.29, 1.82) is 5.26 Å². The lowest BCUT2D eigenvalue weighted by Crippen LogP contribution is -2.44. The maximum atomic E-state index is 10.7. The van der Waals surface area contributed by atoms with Gasteiger partial charge in [-0.15, -0.1) is 0 Å². The molecule has 0 aliphatic carbocycles. The predicted molar refractivity (Wildman–Crippen MR) is 145 cm³/mol. The largest absolute Gasteiger partial charge is 0.375 e. The van der Waals surface area contributed by atoms with Gasteiger partial charge in [0.2, 0.25) is 16.5 Å². The Morgan fingerprint density at radius 2 is 1.69 bits per heavy atom. The topological polar surface area (TPSA) is 144 Å². The molecular weight excluding hydrogens is 563 g/mol. The number of imidazole rings is 2. The minimum atomic E-state index is -1.00. The Morgan fingerprint density at radius 1 is 0.974 bits per heavy atom. The lowest BCUT2D eigenvalue weighted by molar-refractivity contribution is -0.0810. The summed E-state index contributed by atoms with van der Waals surface area (Å²) in [4.78, 5) is 24.9. The van der Waals surface area contributed by atoms with E-state index < -0.39 is 5.54 Å². The second kappa shape index (κ2) is 9.35. The van der Waals surface area contributed by atoms with Crippen LogP contribution in [0.5, 0.6) is 0 Å². The number of aromatic nitrogens is 8. The molecule has 202 valence electrons. The fourth-order valence-corrected chi connectivity index (χ4v) is 7.11. The van der Waals surface area contributed by atoms with E-state index in [-0.39, 0.29) is 28.3 Å². The standard InChI is InChI=1S/C24H24Cl2N10O2S/c25-19-28-9-13-17(33-19)35-21(31-13)30-12-24(35)4-2-6-38-16(8-24)15-7-23(11-27,3-1-5-37-15)36-18-14(32-22(36)39)10-29-20(26)34-18/h9-10,15-16H,1-8,12H2,(H,30,31)(H,32,39). The van der Waals surface area contributed by atoms with Crippen LogP contribution in [0, 0.1) is 16.1 Å². The summed E-state index contributed by atoms with van der Waals surface area (Å²) in [5.74, 6) is 0.747. The number of nitrogens with one attached hydrogen (secondary N) is 2. The van der Waals surface area contributed by atoms with Gasteiger partial charge < -0.3 is 19.8 Å². The van der Waals surface area contributed by atoms with E-state index in [1.165, 1.54) is 0 Å². The molecule has 7 rings (SSSR count). The average molecular weight is 587 g/mol. The van der Waals surface area contributed by atoms with E-state index in [0.29, 0.717) is 72.5 Å². The summed E-state index contributed by atoms with van der Waals surface area (Å²) in [5.41, 5.74) is 1.18. The molecule has 0 radical (unpaired) electrons. The fourth-order valence-electron chi connectivity index (χ4n) is 6.48. The Labute approximate surface area is 237 Å². The van der Waals surface area contributed by atoms with E-state index in [9.17, 15) is 5.26 Å². The molecule has 12 nitrogen and oxygen atoms in total. The number of rotatable bonds is 2. The maximum Gasteiger partial charge on any atom is 0.224 e. The number of anilines is 1. The number of halogens is 2. The summed E-state index contributed by atoms with van der Waals surface area (Å²) < 4.78 is 17.2. The SMILES string of the molecule is N#CC1(n2c(=S)[nH]c3cnc(Cl)nc32)CCCOC(C2CC3(CCCO2)CNc2nc4cnc(Cl)nc4n23)C1. The predicted octanol–water partition coefficient (Wildman–Crippen LogP) is 4.11. The van der Waals surface area contributed by atoms with Gasteiger partial charge in [-0.25, -0.2) is 15.0 Å². The van der Waals surface area contributed by atoms with Gasteiger partial charge in [0.15, 0.2) is 16.1 Å². The quantitative estimate of drug-likeness (QED) is 0.260. The van der Waals surface area contributed by atoms with Gasteiger partial charge in [0.05, 0.1) is 36.2 Å². The van der Waals surface area contributed by atoms with Crippen LogP contribution in [0.1, 0.15) is 38.5 Å². The van der Waals surface area contributed by atoms with E-state index in [1.807, 2.05) is 0 Å². The third-order valence-corrected chi connectivity index (χ3v) is 8.82. The highest BCUT2D eigenvalue weighted by Crippen LogP contribution is 2.44. The summed E-state index contributed by atoms with van der Waals surface area (Å²) in [6.45, 7) is 1.78. The highest BCUT2D eigenvalue weighted by atomic mass is 35.5. The van der Waals surface area contributed by atoms with E-state index in [2.05, 4.69) is 40.9 Å². The number of nitrogens with zero attached hydrogens (tertiary/aromatic N) is 8. The molecule has 0 amide bonds. The van der Waals surface area contributed by atoms with Crippen LogP contribution in [0.4, 0.5) is 5.95 Å². The summed E-state index contributed by atoms with van der Waals surface area (Å²) in [5, 5.41) is 14.4. The van der Waals surface area contributed by atoms with Gasteiger partial charge in [0.25, 0.3) is 0 Å². The lowest BCUT2D eigenvalue weighted by atomic mass is 9.82. The number of ether oxygens (including phenoxy) is 2. The van der Waals surface area contributed by atoms with Crippen molar-refractivity contribution in [3.05, 3.63) is 27.7 Å². The van der Waals surface area contributed by atoms with Crippen molar-refractivity contribution in [3.8, 4) is 6.07 Å². The molecule has 2 N–H and O–H groups in total. The zero-order chi connectivity index (χ0) is 26.8. The van der Waals surface area contributed by atoms with Crippen molar-refractivity contribution in [1.82, 2.24) is 39.0 Å². The number of fused-ring (bicyclic) bond motifs is 5. The highest BCUT2D eigenvalue weighted by Gasteiger charge is 2.48. The Bertz CT molecular complexity index is 1700. The van der Waals surface area contributed by atoms with E-state index >= 15 is 0 Å². The third-order valence-electron chi connectivity index (χ3n) is 8.17. The Balaban J connectivity index is 1.28. The third kappa shape index (κ3) is 4.00. The minimum absolute atomic E-state index is 0.0924. The number of H-pyrrole nitrogens is 1. The second-order valence-electron chi connectivity index (χ2n) is 10.4. The molecule has 4 aromatic heterocycles. The zero-order valence-corrected chi connectivity index (χ0v) is 23.1. The van der Waals surface area contributed by atoms with Crippen LogP contribution in [0.25, 0.3) is 22.3 Å². The molecule has 0 bridgehead atoms. The normalized spacial score (nSPS) is 29.2. The molecule has 3 aliphatic rings. The first-order chi connectivity index (χ1) is 18.9. The maximum absolute atomic E-state index is 10.7. The highest BCUT2D eigenvalue weighted by molar-refractivity contribution is 7.71. The van der Waals surface area contributed by atoms with Crippen LogP contribution in [-0.4, -0.2) is 71.0 Å². The van der Waals surface area contributed by atoms with E-state index in [4.69, 9.17) is 49.9 Å². The van der Waals surface area contributed by atoms with Crippen LogP contribution in [0.3, 0.4) is 0 Å². The first-order valence-corrected chi connectivity index (χ1v) is 14.0. The molecule has 3 aliphatic heterocycles. The lowest BCUT2D eigenvalue weighted by Gasteiger charge is -2.36. The number of hydrogen-bond acceptors (Lipinski definition) is 10. The molecule has 39 heavy (non-hydrogen) atoms. The van der Waals surface area contributed by atoms with Crippen molar-refractivity contribution in [2.24, 2.45) is 0 Å². The summed E-state index contributed by atoms with van der Waals surface area (Å²) in [7, 11) is 0. The smallest absolute Gasteiger partial charge is 0.224 e. The first-order valence-electron chi connectivity index (χ1n) is 12.8. The number of hydrogen-bond donors (Lipinski definition) is 2. The molecule has 1 spiro atoms. The van der Waals surface area contributed by atoms with Gasteiger partial charge in [-0.2, -0.15) is 15.2 Å². The molecule has 7 heterocycles. The summed E-state index contributed by atoms with van der Waals surface area (Å²) >= 11 is 18.0. The van der Waals surface area contributed by atoms with Crippen molar-refractivity contribution < 1.29 is 9.47 Å². The van der Waals surface area contributed by atoms with Crippen molar-refractivity contribution in [3.63, 3.8) is 0 Å². The number of aromatic amines is 1. The van der Waals surface area contributed by atoms with Gasteiger partial charge in [-0.3, -0.25) is 9.13 Å². The van der Waals surface area contributed by atoms with Crippen LogP contribution in [0.2, 0.25) is 10.6 Å². The fraction of sp³-hybridized carbons (Fsp3) is 0.542. The second-order valence-corrected chi connectivity index (χ2v) is 11.5. The van der Waals surface area contributed by atoms with Crippen molar-refractivity contribution in [2.75, 3.05) is 25.1 Å². The Kier molecular flexibility index (Phi) is 6.02. The Hall–Kier alpha value is -2.89. The van der Waals surface area contributed by atoms with E-state index in [0.717, 1.165) is 18.8 Å². The minimum Gasteiger partial charge on any atom is -0.375 e. The zero-order valence-electron chi connectivity index (χ0n) is 20.7. The van der Waals surface area contributed by atoms with Gasteiger partial charge in [0.1, 0.15) is 16.6 Å².